The summed E-state index contributed by atoms with van der Waals surface area (Å²) in [4.78, 5) is 66.8. The van der Waals surface area contributed by atoms with Gasteiger partial charge in [0.1, 0.15) is 24.4 Å². The number of nitrogens with zero attached hydrogens (tertiary/aromatic N) is 1. The number of nitrogens with two attached hydrogens (primary N) is 2. The third kappa shape index (κ3) is 9.13. The van der Waals surface area contributed by atoms with E-state index in [9.17, 15) is 29.1 Å². The second-order valence-electron chi connectivity index (χ2n) is 7.66. The number of carboxylic acid groups (broad SMARTS) is 1. The molecule has 0 aliphatic heterocycles. The number of carbonyl (C=O) groups excluding carboxylic acids is 4. The van der Waals surface area contributed by atoms with E-state index in [1.54, 1.807) is 0 Å². The standard InChI is InChI=1S/C21H27N7O7/c22-14(7-17(23)30)19(33)27-16(6-12-8-24-10-26-12)21(35)28-15(20(34)25-9-18(31)32)5-11-1-3-13(29)4-2-11/h1-4,8,10,14-16,29H,5-7,9,22H2,(H2,23,30)(H,24,26)(H,25,34)(H,27,33)(H,28,35)(H,31,32). The van der Waals surface area contributed by atoms with Crippen LogP contribution in [0.4, 0.5) is 0 Å². The second kappa shape index (κ2) is 12.7. The van der Waals surface area contributed by atoms with E-state index in [2.05, 4.69) is 25.9 Å². The summed E-state index contributed by atoms with van der Waals surface area (Å²) in [6, 6.07) is 2.12. The number of phenolic OH excluding ortho intramolecular Hbond substituents is 1. The molecule has 0 aliphatic rings. The average Bonchev–Trinajstić information content (AvgIpc) is 3.30. The van der Waals surface area contributed by atoms with Crippen molar-refractivity contribution < 1.29 is 34.2 Å². The number of amides is 4. The van der Waals surface area contributed by atoms with Crippen molar-refractivity contribution in [3.05, 3.63) is 48.0 Å². The molecule has 1 heterocycles. The molecule has 1 aromatic heterocycles. The molecule has 0 aliphatic carbocycles. The molecule has 0 saturated heterocycles. The molecule has 14 heteroatoms. The van der Waals surface area contributed by atoms with Gasteiger partial charge in [0.05, 0.1) is 18.8 Å². The van der Waals surface area contributed by atoms with E-state index in [-0.39, 0.29) is 18.6 Å². The molecular formula is C21H27N7O7. The highest BCUT2D eigenvalue weighted by atomic mass is 16.4. The van der Waals surface area contributed by atoms with Gasteiger partial charge < -0.3 is 42.6 Å². The van der Waals surface area contributed by atoms with Crippen LogP contribution in [-0.2, 0) is 36.8 Å². The van der Waals surface area contributed by atoms with Crippen molar-refractivity contribution in [3.8, 4) is 5.75 Å². The molecule has 3 atom stereocenters. The summed E-state index contributed by atoms with van der Waals surface area (Å²) in [5, 5.41) is 25.5. The zero-order valence-corrected chi connectivity index (χ0v) is 18.6. The van der Waals surface area contributed by atoms with Crippen LogP contribution >= 0.6 is 0 Å². The monoisotopic (exact) mass is 489 g/mol. The predicted molar refractivity (Wildman–Crippen MR) is 120 cm³/mol. The number of carboxylic acids is 1. The van der Waals surface area contributed by atoms with Gasteiger partial charge in [-0.05, 0) is 17.7 Å². The van der Waals surface area contributed by atoms with Crippen molar-refractivity contribution in [1.82, 2.24) is 25.9 Å². The highest BCUT2D eigenvalue weighted by Gasteiger charge is 2.29. The van der Waals surface area contributed by atoms with Crippen LogP contribution in [0, 0.1) is 0 Å². The molecule has 0 radical (unpaired) electrons. The lowest BCUT2D eigenvalue weighted by Gasteiger charge is -2.24. The van der Waals surface area contributed by atoms with Crippen molar-refractivity contribution >= 4 is 29.6 Å². The number of aromatic nitrogens is 2. The zero-order chi connectivity index (χ0) is 26.0. The van der Waals surface area contributed by atoms with Gasteiger partial charge in [-0.1, -0.05) is 12.1 Å². The number of H-pyrrole nitrogens is 1. The first-order valence-corrected chi connectivity index (χ1v) is 10.4. The number of aliphatic carboxylic acids is 1. The topological polar surface area (TPSA) is 243 Å². The van der Waals surface area contributed by atoms with Crippen LogP contribution in [-0.4, -0.2) is 74.4 Å². The first-order valence-electron chi connectivity index (χ1n) is 10.4. The fourth-order valence-corrected chi connectivity index (χ4v) is 3.05. The second-order valence-corrected chi connectivity index (χ2v) is 7.66. The van der Waals surface area contributed by atoms with Crippen molar-refractivity contribution in [1.29, 1.82) is 0 Å². The van der Waals surface area contributed by atoms with Crippen LogP contribution < -0.4 is 27.4 Å². The van der Waals surface area contributed by atoms with Gasteiger partial charge in [0.15, 0.2) is 0 Å². The summed E-state index contributed by atoms with van der Waals surface area (Å²) in [6.45, 7) is -0.670. The molecule has 2 rings (SSSR count). The third-order valence-corrected chi connectivity index (χ3v) is 4.79. The summed E-state index contributed by atoms with van der Waals surface area (Å²) in [5.74, 6) is -4.43. The lowest BCUT2D eigenvalue weighted by Crippen LogP contribution is -2.57. The maximum absolute atomic E-state index is 13.1. The fourth-order valence-electron chi connectivity index (χ4n) is 3.05. The lowest BCUT2D eigenvalue weighted by atomic mass is 10.0. The van der Waals surface area contributed by atoms with Crippen LogP contribution in [0.5, 0.6) is 5.75 Å². The van der Waals surface area contributed by atoms with Crippen molar-refractivity contribution in [2.24, 2.45) is 11.5 Å². The molecule has 188 valence electrons. The summed E-state index contributed by atoms with van der Waals surface area (Å²) < 4.78 is 0. The molecule has 2 aromatic rings. The van der Waals surface area contributed by atoms with Gasteiger partial charge >= 0.3 is 5.97 Å². The molecular weight excluding hydrogens is 462 g/mol. The van der Waals surface area contributed by atoms with E-state index in [0.717, 1.165) is 0 Å². The number of primary amides is 1. The van der Waals surface area contributed by atoms with Crippen LogP contribution in [0.3, 0.4) is 0 Å². The molecule has 14 nitrogen and oxygen atoms in total. The maximum Gasteiger partial charge on any atom is 0.322 e. The summed E-state index contributed by atoms with van der Waals surface area (Å²) in [5.41, 5.74) is 11.8. The van der Waals surface area contributed by atoms with Gasteiger partial charge in [0, 0.05) is 24.7 Å². The Balaban J connectivity index is 2.21. The van der Waals surface area contributed by atoms with Crippen LogP contribution in [0.1, 0.15) is 17.7 Å². The van der Waals surface area contributed by atoms with Crippen molar-refractivity contribution in [2.75, 3.05) is 6.54 Å². The number of nitrogens with one attached hydrogen (secondary N) is 4. The number of phenols is 1. The average molecular weight is 489 g/mol. The summed E-state index contributed by atoms with van der Waals surface area (Å²) in [7, 11) is 0. The smallest absolute Gasteiger partial charge is 0.322 e. The van der Waals surface area contributed by atoms with Crippen LogP contribution in [0.25, 0.3) is 0 Å². The number of aromatic amines is 1. The first kappa shape index (κ1) is 26.8. The van der Waals surface area contributed by atoms with Crippen LogP contribution in [0.15, 0.2) is 36.8 Å². The highest BCUT2D eigenvalue weighted by molar-refractivity contribution is 5.94. The number of aromatic hydroxyl groups is 1. The van der Waals surface area contributed by atoms with E-state index in [0.29, 0.717) is 11.3 Å². The van der Waals surface area contributed by atoms with Gasteiger partial charge in [-0.3, -0.25) is 24.0 Å². The number of hydrogen-bond donors (Lipinski definition) is 8. The molecule has 1 aromatic carbocycles. The molecule has 4 amide bonds. The Morgan fingerprint density at radius 3 is 2.17 bits per heavy atom. The number of hydrogen-bond acceptors (Lipinski definition) is 8. The fraction of sp³-hybridized carbons (Fsp3) is 0.333. The molecule has 0 spiro atoms. The van der Waals surface area contributed by atoms with E-state index >= 15 is 0 Å². The summed E-state index contributed by atoms with van der Waals surface area (Å²) >= 11 is 0. The number of rotatable bonds is 13. The number of imidazole rings is 1. The molecule has 10 N–H and O–H groups in total. The van der Waals surface area contributed by atoms with E-state index in [1.165, 1.54) is 36.8 Å². The molecule has 0 fully saturated rings. The first-order chi connectivity index (χ1) is 16.5. The Hall–Kier alpha value is -4.46. The van der Waals surface area contributed by atoms with Gasteiger partial charge in [-0.25, -0.2) is 4.98 Å². The largest absolute Gasteiger partial charge is 0.508 e. The van der Waals surface area contributed by atoms with Gasteiger partial charge in [-0.2, -0.15) is 0 Å². The normalized spacial score (nSPS) is 13.2. The van der Waals surface area contributed by atoms with Gasteiger partial charge in [0.2, 0.25) is 23.6 Å². The van der Waals surface area contributed by atoms with E-state index < -0.39 is 60.7 Å². The minimum Gasteiger partial charge on any atom is -0.508 e. The Morgan fingerprint density at radius 2 is 1.60 bits per heavy atom. The van der Waals surface area contributed by atoms with Crippen LogP contribution in [0.2, 0.25) is 0 Å². The maximum atomic E-state index is 13.1. The summed E-state index contributed by atoms with van der Waals surface area (Å²) in [6.07, 6.45) is 2.28. The highest BCUT2D eigenvalue weighted by Crippen LogP contribution is 2.12. The minimum absolute atomic E-state index is 0.000650. The minimum atomic E-state index is -1.30. The van der Waals surface area contributed by atoms with E-state index in [1.807, 2.05) is 0 Å². The Morgan fingerprint density at radius 1 is 0.971 bits per heavy atom. The van der Waals surface area contributed by atoms with E-state index in [4.69, 9.17) is 16.6 Å². The molecule has 0 bridgehead atoms. The number of benzene rings is 1. The van der Waals surface area contributed by atoms with Gasteiger partial charge in [0.25, 0.3) is 0 Å². The Labute approximate surface area is 199 Å². The Kier molecular flexibility index (Phi) is 9.71. The SMILES string of the molecule is NC(=O)CC(N)C(=O)NC(Cc1cnc[nH]1)C(=O)NC(Cc1ccc(O)cc1)C(=O)NCC(=O)O. The Bertz CT molecular complexity index is 1040. The lowest BCUT2D eigenvalue weighted by molar-refractivity contribution is -0.138. The zero-order valence-electron chi connectivity index (χ0n) is 18.6. The molecule has 3 unspecified atom stereocenters. The number of carbonyl (C=O) groups is 5. The van der Waals surface area contributed by atoms with Crippen molar-refractivity contribution in [2.45, 2.75) is 37.4 Å². The molecule has 35 heavy (non-hydrogen) atoms. The van der Waals surface area contributed by atoms with Gasteiger partial charge in [-0.15, -0.1) is 0 Å². The van der Waals surface area contributed by atoms with Crippen molar-refractivity contribution in [3.63, 3.8) is 0 Å². The third-order valence-electron chi connectivity index (χ3n) is 4.79. The molecule has 0 saturated carbocycles. The predicted octanol–water partition coefficient (Wildman–Crippen LogP) is -2.73. The quantitative estimate of drug-likeness (QED) is 0.145.